The van der Waals surface area contributed by atoms with Gasteiger partial charge in [0.15, 0.2) is 5.11 Å². The maximum absolute atomic E-state index is 5.53. The zero-order valence-corrected chi connectivity index (χ0v) is 15.7. The molecule has 2 heterocycles. The number of nitrogens with one attached hydrogen (secondary N) is 2. The van der Waals surface area contributed by atoms with Crippen molar-refractivity contribution in [2.45, 2.75) is 13.0 Å². The molecular formula is C22H23N3S. The minimum Gasteiger partial charge on any atom is -0.352 e. The van der Waals surface area contributed by atoms with Crippen molar-refractivity contribution in [1.29, 1.82) is 0 Å². The SMILES string of the molecule is CCN1CC2=C(NC(=S)NC2c2ccccc2)/C(=C/c2ccccc2)C1. The third-order valence-electron chi connectivity index (χ3n) is 5.01. The number of likely N-dealkylation sites (N-methyl/N-ethyl adjacent to an activating group) is 1. The van der Waals surface area contributed by atoms with Crippen LogP contribution in [0.5, 0.6) is 0 Å². The molecule has 0 bridgehead atoms. The van der Waals surface area contributed by atoms with Gasteiger partial charge in [0.2, 0.25) is 0 Å². The maximum atomic E-state index is 5.53. The fourth-order valence-electron chi connectivity index (χ4n) is 3.69. The Morgan fingerprint density at radius 3 is 2.42 bits per heavy atom. The van der Waals surface area contributed by atoms with E-state index in [-0.39, 0.29) is 6.04 Å². The zero-order chi connectivity index (χ0) is 17.9. The standard InChI is InChI=1S/C22H23N3S/c1-2-25-14-18(13-16-9-5-3-6-10-16)21-19(15-25)20(23-22(26)24-21)17-11-7-4-8-12-17/h3-13,20H,2,14-15H2,1H3,(H2,23,24,26)/b18-13+. The van der Waals surface area contributed by atoms with Crippen molar-refractivity contribution in [3.05, 3.63) is 88.6 Å². The van der Waals surface area contributed by atoms with E-state index in [1.54, 1.807) is 0 Å². The lowest BCUT2D eigenvalue weighted by molar-refractivity contribution is 0.316. The Kier molecular flexibility index (Phi) is 4.87. The minimum absolute atomic E-state index is 0.119. The highest BCUT2D eigenvalue weighted by molar-refractivity contribution is 7.80. The average Bonchev–Trinajstić information content (AvgIpc) is 2.69. The van der Waals surface area contributed by atoms with Crippen molar-refractivity contribution >= 4 is 23.4 Å². The van der Waals surface area contributed by atoms with E-state index >= 15 is 0 Å². The first kappa shape index (κ1) is 17.0. The Labute approximate surface area is 160 Å². The van der Waals surface area contributed by atoms with Gasteiger partial charge in [0.05, 0.1) is 6.04 Å². The summed E-state index contributed by atoms with van der Waals surface area (Å²) < 4.78 is 0. The van der Waals surface area contributed by atoms with Gasteiger partial charge in [-0.2, -0.15) is 0 Å². The summed E-state index contributed by atoms with van der Waals surface area (Å²) in [5.41, 5.74) is 6.32. The van der Waals surface area contributed by atoms with E-state index in [0.717, 1.165) is 19.6 Å². The first-order chi connectivity index (χ1) is 12.7. The molecule has 2 aliphatic heterocycles. The van der Waals surface area contributed by atoms with Gasteiger partial charge in [0.25, 0.3) is 0 Å². The summed E-state index contributed by atoms with van der Waals surface area (Å²) in [4.78, 5) is 2.47. The van der Waals surface area contributed by atoms with Crippen LogP contribution in [0.2, 0.25) is 0 Å². The van der Waals surface area contributed by atoms with Crippen molar-refractivity contribution in [1.82, 2.24) is 15.5 Å². The first-order valence-corrected chi connectivity index (χ1v) is 9.49. The van der Waals surface area contributed by atoms with E-state index in [2.05, 4.69) is 89.2 Å². The van der Waals surface area contributed by atoms with E-state index in [9.17, 15) is 0 Å². The van der Waals surface area contributed by atoms with Crippen LogP contribution in [0.15, 0.2) is 77.5 Å². The summed E-state index contributed by atoms with van der Waals surface area (Å²) >= 11 is 5.53. The van der Waals surface area contributed by atoms with Gasteiger partial charge >= 0.3 is 0 Å². The molecule has 0 saturated carbocycles. The molecule has 4 rings (SSSR count). The fraction of sp³-hybridized carbons (Fsp3) is 0.227. The van der Waals surface area contributed by atoms with Gasteiger partial charge in [-0.3, -0.25) is 4.90 Å². The number of hydrogen-bond donors (Lipinski definition) is 2. The smallest absolute Gasteiger partial charge is 0.171 e. The lowest BCUT2D eigenvalue weighted by Crippen LogP contribution is -2.50. The van der Waals surface area contributed by atoms with Crippen molar-refractivity contribution in [3.8, 4) is 0 Å². The molecule has 2 aliphatic rings. The van der Waals surface area contributed by atoms with Crippen LogP contribution in [-0.2, 0) is 0 Å². The highest BCUT2D eigenvalue weighted by Crippen LogP contribution is 2.34. The predicted molar refractivity (Wildman–Crippen MR) is 112 cm³/mol. The maximum Gasteiger partial charge on any atom is 0.171 e. The summed E-state index contributed by atoms with van der Waals surface area (Å²) in [6.45, 7) is 5.12. The van der Waals surface area contributed by atoms with Gasteiger partial charge in [-0.1, -0.05) is 67.6 Å². The molecule has 0 saturated heterocycles. The second-order valence-corrected chi connectivity index (χ2v) is 7.13. The number of rotatable bonds is 3. The second kappa shape index (κ2) is 7.44. The second-order valence-electron chi connectivity index (χ2n) is 6.73. The fourth-order valence-corrected chi connectivity index (χ4v) is 3.91. The molecule has 4 heteroatoms. The van der Waals surface area contributed by atoms with Crippen molar-refractivity contribution < 1.29 is 0 Å². The molecule has 0 amide bonds. The molecule has 0 aromatic heterocycles. The molecule has 0 aliphatic carbocycles. The number of benzene rings is 2. The molecule has 132 valence electrons. The number of thiocarbonyl (C=S) groups is 1. The van der Waals surface area contributed by atoms with Gasteiger partial charge in [0, 0.05) is 18.8 Å². The van der Waals surface area contributed by atoms with E-state index in [0.29, 0.717) is 5.11 Å². The molecule has 26 heavy (non-hydrogen) atoms. The topological polar surface area (TPSA) is 27.3 Å². The Bertz CT molecular complexity index is 855. The van der Waals surface area contributed by atoms with Crippen LogP contribution in [0.1, 0.15) is 24.1 Å². The highest BCUT2D eigenvalue weighted by atomic mass is 32.1. The average molecular weight is 362 g/mol. The quantitative estimate of drug-likeness (QED) is 0.812. The molecule has 2 aromatic carbocycles. The monoisotopic (exact) mass is 361 g/mol. The summed E-state index contributed by atoms with van der Waals surface area (Å²) in [5, 5.41) is 7.60. The van der Waals surface area contributed by atoms with Crippen LogP contribution in [-0.4, -0.2) is 29.6 Å². The van der Waals surface area contributed by atoms with Gasteiger partial charge in [-0.05, 0) is 47.1 Å². The van der Waals surface area contributed by atoms with Crippen molar-refractivity contribution in [3.63, 3.8) is 0 Å². The minimum atomic E-state index is 0.119. The van der Waals surface area contributed by atoms with Crippen molar-refractivity contribution in [2.24, 2.45) is 0 Å². The van der Waals surface area contributed by atoms with Crippen LogP contribution in [0, 0.1) is 0 Å². The molecule has 0 spiro atoms. The van der Waals surface area contributed by atoms with E-state index < -0.39 is 0 Å². The Morgan fingerprint density at radius 2 is 1.73 bits per heavy atom. The molecule has 1 atom stereocenters. The summed E-state index contributed by atoms with van der Waals surface area (Å²) in [7, 11) is 0. The van der Waals surface area contributed by atoms with Crippen LogP contribution >= 0.6 is 12.2 Å². The zero-order valence-electron chi connectivity index (χ0n) is 14.9. The first-order valence-electron chi connectivity index (χ1n) is 9.08. The Morgan fingerprint density at radius 1 is 1.04 bits per heavy atom. The van der Waals surface area contributed by atoms with E-state index in [1.165, 1.54) is 28.0 Å². The summed E-state index contributed by atoms with van der Waals surface area (Å²) in [5.74, 6) is 0. The van der Waals surface area contributed by atoms with Gasteiger partial charge in [0.1, 0.15) is 0 Å². The highest BCUT2D eigenvalue weighted by Gasteiger charge is 2.32. The molecule has 2 N–H and O–H groups in total. The Hall–Kier alpha value is -2.43. The third kappa shape index (κ3) is 3.43. The number of nitrogens with zero attached hydrogens (tertiary/aromatic N) is 1. The molecular weight excluding hydrogens is 338 g/mol. The van der Waals surface area contributed by atoms with Crippen LogP contribution in [0.4, 0.5) is 0 Å². The normalized spacial score (nSPS) is 22.0. The van der Waals surface area contributed by atoms with Gasteiger partial charge in [-0.25, -0.2) is 0 Å². The van der Waals surface area contributed by atoms with E-state index in [4.69, 9.17) is 12.2 Å². The number of hydrogen-bond acceptors (Lipinski definition) is 2. The Balaban J connectivity index is 1.81. The third-order valence-corrected chi connectivity index (χ3v) is 5.23. The predicted octanol–water partition coefficient (Wildman–Crippen LogP) is 3.88. The summed E-state index contributed by atoms with van der Waals surface area (Å²) in [6.07, 6.45) is 2.28. The molecule has 2 aromatic rings. The van der Waals surface area contributed by atoms with Gasteiger partial charge in [-0.15, -0.1) is 0 Å². The molecule has 1 unspecified atom stereocenters. The molecule has 0 fully saturated rings. The van der Waals surface area contributed by atoms with Crippen LogP contribution in [0.3, 0.4) is 0 Å². The van der Waals surface area contributed by atoms with Gasteiger partial charge < -0.3 is 10.6 Å². The lowest BCUT2D eigenvalue weighted by atomic mass is 9.89. The summed E-state index contributed by atoms with van der Waals surface area (Å²) in [6, 6.07) is 21.2. The van der Waals surface area contributed by atoms with Crippen LogP contribution in [0.25, 0.3) is 6.08 Å². The van der Waals surface area contributed by atoms with Crippen molar-refractivity contribution in [2.75, 3.05) is 19.6 Å². The lowest BCUT2D eigenvalue weighted by Gasteiger charge is -2.40. The van der Waals surface area contributed by atoms with E-state index in [1.807, 2.05) is 0 Å². The molecule has 3 nitrogen and oxygen atoms in total. The molecule has 0 radical (unpaired) electrons. The largest absolute Gasteiger partial charge is 0.352 e. The van der Waals surface area contributed by atoms with Crippen LogP contribution < -0.4 is 10.6 Å².